The number of phenolic OH excluding ortho intramolecular Hbond substituents is 1. The summed E-state index contributed by atoms with van der Waals surface area (Å²) in [5, 5.41) is 19.4. The van der Waals surface area contributed by atoms with E-state index in [0.717, 1.165) is 19.3 Å². The van der Waals surface area contributed by atoms with E-state index >= 15 is 4.39 Å². The van der Waals surface area contributed by atoms with Gasteiger partial charge >= 0.3 is 0 Å². The van der Waals surface area contributed by atoms with Crippen LogP contribution in [-0.4, -0.2) is 68.1 Å². The number of aromatic hydroxyl groups is 1. The second kappa shape index (κ2) is 7.26. The van der Waals surface area contributed by atoms with E-state index in [-0.39, 0.29) is 23.4 Å². The number of anilines is 1. The van der Waals surface area contributed by atoms with E-state index in [1.807, 2.05) is 19.0 Å². The van der Waals surface area contributed by atoms with Crippen LogP contribution >= 0.6 is 0 Å². The number of benzene rings is 1. The third-order valence-corrected chi connectivity index (χ3v) is 6.96. The van der Waals surface area contributed by atoms with Gasteiger partial charge in [0.1, 0.15) is 11.9 Å². The average molecular weight is 424 g/mol. The van der Waals surface area contributed by atoms with Crippen LogP contribution in [0.25, 0.3) is 22.2 Å². The van der Waals surface area contributed by atoms with Gasteiger partial charge in [-0.05, 0) is 44.5 Å². The zero-order valence-electron chi connectivity index (χ0n) is 17.7. The number of nitrogens with zero attached hydrogens (tertiary/aromatic N) is 6. The molecule has 9 heteroatoms. The number of rotatable bonds is 3. The highest BCUT2D eigenvalue weighted by molar-refractivity contribution is 5.86. The van der Waals surface area contributed by atoms with Gasteiger partial charge in [-0.3, -0.25) is 9.69 Å². The second-order valence-electron chi connectivity index (χ2n) is 8.65. The number of phenols is 1. The fourth-order valence-electron chi connectivity index (χ4n) is 5.02. The van der Waals surface area contributed by atoms with Gasteiger partial charge in [0.25, 0.3) is 5.56 Å². The smallest absolute Gasteiger partial charge is 0.260 e. The van der Waals surface area contributed by atoms with Crippen LogP contribution in [0.2, 0.25) is 0 Å². The second-order valence-corrected chi connectivity index (χ2v) is 8.65. The molecule has 0 radical (unpaired) electrons. The Balaban J connectivity index is 1.45. The van der Waals surface area contributed by atoms with Crippen molar-refractivity contribution in [2.24, 2.45) is 7.05 Å². The molecule has 1 N–H and O–H groups in total. The van der Waals surface area contributed by atoms with Crippen LogP contribution in [0.5, 0.6) is 5.75 Å². The van der Waals surface area contributed by atoms with E-state index in [0.29, 0.717) is 34.0 Å². The summed E-state index contributed by atoms with van der Waals surface area (Å²) >= 11 is 0. The first kappa shape index (κ1) is 19.9. The maximum absolute atomic E-state index is 15.1. The summed E-state index contributed by atoms with van der Waals surface area (Å²) in [6.07, 6.45) is 3.17. The predicted molar refractivity (Wildman–Crippen MR) is 116 cm³/mol. The van der Waals surface area contributed by atoms with Crippen molar-refractivity contribution in [3.63, 3.8) is 0 Å². The highest BCUT2D eigenvalue weighted by atomic mass is 19.1. The number of aromatic nitrogens is 4. The zero-order valence-corrected chi connectivity index (χ0v) is 17.7. The number of piperidine rings is 1. The topological polar surface area (TPSA) is 87.4 Å². The summed E-state index contributed by atoms with van der Waals surface area (Å²) in [6.45, 7) is 0. The molecule has 2 aliphatic heterocycles. The normalized spacial score (nSPS) is 25.8. The summed E-state index contributed by atoms with van der Waals surface area (Å²) < 4.78 is 16.5. The summed E-state index contributed by atoms with van der Waals surface area (Å²) in [4.78, 5) is 20.6. The van der Waals surface area contributed by atoms with Crippen molar-refractivity contribution in [3.05, 3.63) is 40.9 Å². The maximum atomic E-state index is 15.1. The lowest BCUT2D eigenvalue weighted by atomic mass is 9.95. The number of halogens is 1. The van der Waals surface area contributed by atoms with Crippen LogP contribution in [0.4, 0.5) is 10.2 Å². The van der Waals surface area contributed by atoms with Crippen LogP contribution < -0.4 is 10.5 Å². The third-order valence-electron chi connectivity index (χ3n) is 6.96. The fraction of sp³-hybridized carbons (Fsp3) is 0.455. The Bertz CT molecular complexity index is 1200. The summed E-state index contributed by atoms with van der Waals surface area (Å²) in [5.74, 6) is 0.553. The lowest BCUT2D eigenvalue weighted by Crippen LogP contribution is -2.56. The van der Waals surface area contributed by atoms with Crippen LogP contribution in [0.1, 0.15) is 19.3 Å². The van der Waals surface area contributed by atoms with Gasteiger partial charge in [0.05, 0.1) is 29.0 Å². The van der Waals surface area contributed by atoms with Gasteiger partial charge in [-0.1, -0.05) is 0 Å². The van der Waals surface area contributed by atoms with Gasteiger partial charge in [0, 0.05) is 37.8 Å². The summed E-state index contributed by atoms with van der Waals surface area (Å²) in [7, 11) is 5.49. The van der Waals surface area contributed by atoms with Gasteiger partial charge in [0.2, 0.25) is 0 Å². The zero-order chi connectivity index (χ0) is 21.9. The minimum Gasteiger partial charge on any atom is -0.507 e. The summed E-state index contributed by atoms with van der Waals surface area (Å²) in [6, 6.07) is 6.68. The molecule has 0 saturated carbocycles. The van der Waals surface area contributed by atoms with Crippen molar-refractivity contribution in [1.82, 2.24) is 24.6 Å². The highest BCUT2D eigenvalue weighted by Gasteiger charge is 2.47. The number of alkyl halides is 1. The third kappa shape index (κ3) is 3.15. The molecule has 2 bridgehead atoms. The Morgan fingerprint density at radius 2 is 2.00 bits per heavy atom. The SMILES string of the molecule is CN1C2CCC1[C@@H](F)[C@@H](N(C)c1ccc(-c3cc4c(=O)n(C)cnc4cc3O)nn1)C2. The Morgan fingerprint density at radius 1 is 1.19 bits per heavy atom. The molecule has 0 aliphatic carbocycles. The van der Waals surface area contributed by atoms with Crippen molar-refractivity contribution in [1.29, 1.82) is 0 Å². The molecule has 2 aliphatic rings. The van der Waals surface area contributed by atoms with Crippen molar-refractivity contribution in [3.8, 4) is 17.0 Å². The molecule has 1 aromatic carbocycles. The average Bonchev–Trinajstić information content (AvgIpc) is 3.03. The predicted octanol–water partition coefficient (Wildman–Crippen LogP) is 2.11. The number of aryl methyl sites for hydroxylation is 1. The fourth-order valence-corrected chi connectivity index (χ4v) is 5.02. The van der Waals surface area contributed by atoms with E-state index in [1.54, 1.807) is 25.2 Å². The van der Waals surface area contributed by atoms with Gasteiger partial charge in [-0.25, -0.2) is 9.37 Å². The molecule has 2 unspecified atom stereocenters. The van der Waals surface area contributed by atoms with Gasteiger partial charge in [-0.15, -0.1) is 10.2 Å². The Morgan fingerprint density at radius 3 is 2.74 bits per heavy atom. The Labute approximate surface area is 179 Å². The minimum absolute atomic E-state index is 0.0284. The molecule has 8 nitrogen and oxygen atoms in total. The minimum atomic E-state index is -0.941. The lowest BCUT2D eigenvalue weighted by molar-refractivity contribution is 0.0701. The Hall–Kier alpha value is -3.07. The van der Waals surface area contributed by atoms with E-state index in [1.165, 1.54) is 17.0 Å². The molecule has 2 fully saturated rings. The van der Waals surface area contributed by atoms with Crippen LogP contribution in [0.3, 0.4) is 0 Å². The van der Waals surface area contributed by atoms with Crippen molar-refractivity contribution in [2.75, 3.05) is 19.0 Å². The van der Waals surface area contributed by atoms with Crippen LogP contribution in [-0.2, 0) is 7.05 Å². The summed E-state index contributed by atoms with van der Waals surface area (Å²) in [5.41, 5.74) is 1.05. The van der Waals surface area contributed by atoms with Crippen molar-refractivity contribution in [2.45, 2.75) is 43.6 Å². The molecule has 0 amide bonds. The lowest BCUT2D eigenvalue weighted by Gasteiger charge is -2.43. The first-order valence-electron chi connectivity index (χ1n) is 10.5. The molecule has 2 aromatic heterocycles. The quantitative estimate of drug-likeness (QED) is 0.689. The van der Waals surface area contributed by atoms with E-state index in [9.17, 15) is 9.90 Å². The molecule has 2 saturated heterocycles. The molecule has 5 rings (SSSR count). The van der Waals surface area contributed by atoms with E-state index in [2.05, 4.69) is 20.1 Å². The molecular formula is C22H25FN6O2. The van der Waals surface area contributed by atoms with E-state index < -0.39 is 6.17 Å². The monoisotopic (exact) mass is 424 g/mol. The molecule has 31 heavy (non-hydrogen) atoms. The maximum Gasteiger partial charge on any atom is 0.260 e. The van der Waals surface area contributed by atoms with Gasteiger partial charge in [-0.2, -0.15) is 0 Å². The Kier molecular flexibility index (Phi) is 4.65. The van der Waals surface area contributed by atoms with Crippen molar-refractivity contribution < 1.29 is 9.50 Å². The van der Waals surface area contributed by atoms with Crippen molar-refractivity contribution >= 4 is 16.7 Å². The molecule has 0 spiro atoms. The number of fused-ring (bicyclic) bond motifs is 3. The van der Waals surface area contributed by atoms with Gasteiger partial charge < -0.3 is 14.6 Å². The molecule has 162 valence electrons. The first-order valence-corrected chi connectivity index (χ1v) is 10.5. The first-order chi connectivity index (χ1) is 14.8. The largest absolute Gasteiger partial charge is 0.507 e. The highest BCUT2D eigenvalue weighted by Crippen LogP contribution is 2.39. The molecule has 4 atom stereocenters. The van der Waals surface area contributed by atoms with E-state index in [4.69, 9.17) is 0 Å². The van der Waals surface area contributed by atoms with Gasteiger partial charge in [0.15, 0.2) is 5.82 Å². The molecule has 4 heterocycles. The standard InChI is InChI=1S/C22H25FN6O2/c1-27-11-24-16-10-19(30)13(9-14(16)22(27)31)15-5-7-20(26-25-15)29(3)18-8-12-4-6-17(21(18)23)28(12)2/h5,7,9-12,17-18,21,30H,4,6,8H2,1-3H3/t12?,17?,18-,21+/m0/s1. The van der Waals surface area contributed by atoms with Crippen LogP contribution in [0.15, 0.2) is 35.4 Å². The number of hydrogen-bond acceptors (Lipinski definition) is 7. The van der Waals surface area contributed by atoms with Crippen LogP contribution in [0, 0.1) is 0 Å². The number of hydrogen-bond donors (Lipinski definition) is 1. The molecular weight excluding hydrogens is 399 g/mol. The molecule has 3 aromatic rings.